The molecule has 4 heteroatoms. The highest BCUT2D eigenvalue weighted by atomic mass is 16.2. The van der Waals surface area contributed by atoms with Crippen molar-refractivity contribution in [2.45, 2.75) is 65.7 Å². The predicted octanol–water partition coefficient (Wildman–Crippen LogP) is 3.24. The number of hydrogen-bond acceptors (Lipinski definition) is 3. The minimum absolute atomic E-state index is 0.0242. The third kappa shape index (κ3) is 10.2. The van der Waals surface area contributed by atoms with Crippen molar-refractivity contribution in [3.05, 3.63) is 0 Å². The average Bonchev–Trinajstić information content (AvgIpc) is 2.50. The van der Waals surface area contributed by atoms with Gasteiger partial charge in [0.25, 0.3) is 0 Å². The average molecular weight is 297 g/mol. The Morgan fingerprint density at radius 3 is 1.90 bits per heavy atom. The molecule has 0 spiro atoms. The van der Waals surface area contributed by atoms with Gasteiger partial charge in [0.2, 0.25) is 5.91 Å². The summed E-state index contributed by atoms with van der Waals surface area (Å²) in [6.07, 6.45) is 8.16. The van der Waals surface area contributed by atoms with E-state index in [2.05, 4.69) is 6.92 Å². The molecule has 0 radical (unpaired) electrons. The number of hydrogen-bond donors (Lipinski definition) is 0. The molecule has 0 aromatic rings. The van der Waals surface area contributed by atoms with Gasteiger partial charge in [0.1, 0.15) is 12.6 Å². The molecule has 0 fully saturated rings. The quantitative estimate of drug-likeness (QED) is 0.387. The molecule has 0 N–H and O–H groups in total. The number of nitrogens with zero attached hydrogens (tertiary/aromatic N) is 1. The lowest BCUT2D eigenvalue weighted by atomic mass is 10.1. The van der Waals surface area contributed by atoms with Gasteiger partial charge >= 0.3 is 0 Å². The van der Waals surface area contributed by atoms with Crippen molar-refractivity contribution < 1.29 is 14.4 Å². The Balaban J connectivity index is 4.29. The summed E-state index contributed by atoms with van der Waals surface area (Å²) in [6, 6.07) is 0. The molecule has 2 atom stereocenters. The second-order valence-electron chi connectivity index (χ2n) is 6.00. The van der Waals surface area contributed by atoms with E-state index in [1.807, 2.05) is 18.7 Å². The lowest BCUT2D eigenvalue weighted by Gasteiger charge is -2.24. The van der Waals surface area contributed by atoms with Crippen molar-refractivity contribution in [3.63, 3.8) is 0 Å². The Bertz CT molecular complexity index is 286. The van der Waals surface area contributed by atoms with Crippen molar-refractivity contribution in [3.8, 4) is 0 Å². The number of rotatable bonds is 13. The van der Waals surface area contributed by atoms with Gasteiger partial charge in [0, 0.05) is 31.3 Å². The van der Waals surface area contributed by atoms with E-state index in [1.165, 1.54) is 0 Å². The van der Waals surface area contributed by atoms with E-state index in [9.17, 15) is 14.4 Å². The van der Waals surface area contributed by atoms with Crippen molar-refractivity contribution in [1.82, 2.24) is 4.90 Å². The number of carbonyl (C=O) groups is 3. The summed E-state index contributed by atoms with van der Waals surface area (Å²) < 4.78 is 0. The molecule has 1 amide bonds. The minimum atomic E-state index is -0.0242. The van der Waals surface area contributed by atoms with Gasteiger partial charge in [0.05, 0.1) is 0 Å². The molecule has 0 heterocycles. The number of carbonyl (C=O) groups excluding carboxylic acids is 3. The maximum absolute atomic E-state index is 12.3. The monoisotopic (exact) mass is 297 g/mol. The van der Waals surface area contributed by atoms with Crippen LogP contribution in [-0.2, 0) is 14.4 Å². The first-order valence-corrected chi connectivity index (χ1v) is 8.23. The Morgan fingerprint density at radius 2 is 1.48 bits per heavy atom. The summed E-state index contributed by atoms with van der Waals surface area (Å²) in [5.74, 6) is 0.107. The Morgan fingerprint density at radius 1 is 0.952 bits per heavy atom. The molecule has 21 heavy (non-hydrogen) atoms. The first-order chi connectivity index (χ1) is 10.0. The summed E-state index contributed by atoms with van der Waals surface area (Å²) >= 11 is 0. The van der Waals surface area contributed by atoms with Gasteiger partial charge in [-0.1, -0.05) is 40.0 Å². The van der Waals surface area contributed by atoms with Crippen LogP contribution in [-0.4, -0.2) is 36.5 Å². The van der Waals surface area contributed by atoms with Gasteiger partial charge in [-0.25, -0.2) is 0 Å². The van der Waals surface area contributed by atoms with Crippen LogP contribution in [0.3, 0.4) is 0 Å². The molecule has 0 rings (SSSR count). The lowest BCUT2D eigenvalue weighted by Crippen LogP contribution is -2.34. The van der Waals surface area contributed by atoms with E-state index in [1.54, 1.807) is 0 Å². The normalized spacial score (nSPS) is 13.5. The number of amides is 1. The van der Waals surface area contributed by atoms with Crippen LogP contribution in [0.4, 0.5) is 0 Å². The molecule has 0 aromatic heterocycles. The van der Waals surface area contributed by atoms with Crippen LogP contribution in [0.5, 0.6) is 0 Å². The summed E-state index contributed by atoms with van der Waals surface area (Å²) in [4.78, 5) is 35.5. The van der Waals surface area contributed by atoms with Crippen molar-refractivity contribution in [2.75, 3.05) is 13.1 Å². The third-order valence-corrected chi connectivity index (χ3v) is 3.77. The van der Waals surface area contributed by atoms with E-state index in [0.717, 1.165) is 38.3 Å². The summed E-state index contributed by atoms with van der Waals surface area (Å²) in [5, 5.41) is 0. The standard InChI is InChI=1S/C17H31NO3/c1-4-5-6-7-8-17(21)18(11-9-15(2)13-19)12-10-16(3)14-20/h13-16H,4-12H2,1-3H3. The molecule has 0 aromatic carbocycles. The molecule has 0 saturated heterocycles. The lowest BCUT2D eigenvalue weighted by molar-refractivity contribution is -0.132. The highest BCUT2D eigenvalue weighted by Crippen LogP contribution is 2.10. The first kappa shape index (κ1) is 19.8. The second-order valence-corrected chi connectivity index (χ2v) is 6.00. The largest absolute Gasteiger partial charge is 0.343 e. The van der Waals surface area contributed by atoms with Crippen LogP contribution < -0.4 is 0 Å². The zero-order valence-electron chi connectivity index (χ0n) is 13.8. The molecular formula is C17H31NO3. The number of aldehydes is 2. The van der Waals surface area contributed by atoms with Crippen LogP contribution in [0.1, 0.15) is 65.7 Å². The maximum atomic E-state index is 12.3. The number of unbranched alkanes of at least 4 members (excludes halogenated alkanes) is 3. The van der Waals surface area contributed by atoms with Crippen LogP contribution >= 0.6 is 0 Å². The molecule has 0 aliphatic rings. The minimum Gasteiger partial charge on any atom is -0.343 e. The summed E-state index contributed by atoms with van der Waals surface area (Å²) in [7, 11) is 0. The summed E-state index contributed by atoms with van der Waals surface area (Å²) in [5.41, 5.74) is 0. The van der Waals surface area contributed by atoms with Gasteiger partial charge in [-0.2, -0.15) is 0 Å². The predicted molar refractivity (Wildman–Crippen MR) is 85.0 cm³/mol. The molecular weight excluding hydrogens is 266 g/mol. The van der Waals surface area contributed by atoms with E-state index in [-0.39, 0.29) is 17.7 Å². The van der Waals surface area contributed by atoms with E-state index in [4.69, 9.17) is 0 Å². The second kappa shape index (κ2) is 12.5. The summed E-state index contributed by atoms with van der Waals surface area (Å²) in [6.45, 7) is 7.10. The maximum Gasteiger partial charge on any atom is 0.222 e. The van der Waals surface area contributed by atoms with E-state index in [0.29, 0.717) is 32.4 Å². The Kier molecular flexibility index (Phi) is 11.8. The van der Waals surface area contributed by atoms with Gasteiger partial charge in [-0.15, -0.1) is 0 Å². The topological polar surface area (TPSA) is 54.5 Å². The molecule has 0 bridgehead atoms. The molecule has 4 nitrogen and oxygen atoms in total. The smallest absolute Gasteiger partial charge is 0.222 e. The Labute approximate surface area is 129 Å². The fraction of sp³-hybridized carbons (Fsp3) is 0.824. The van der Waals surface area contributed by atoms with Gasteiger partial charge in [-0.05, 0) is 19.3 Å². The third-order valence-electron chi connectivity index (χ3n) is 3.77. The van der Waals surface area contributed by atoms with Gasteiger partial charge in [0.15, 0.2) is 0 Å². The fourth-order valence-corrected chi connectivity index (χ4v) is 2.08. The van der Waals surface area contributed by atoms with Crippen LogP contribution in [0.2, 0.25) is 0 Å². The SMILES string of the molecule is CCCCCCC(=O)N(CCC(C)C=O)CCC(C)C=O. The highest BCUT2D eigenvalue weighted by molar-refractivity contribution is 5.76. The highest BCUT2D eigenvalue weighted by Gasteiger charge is 2.15. The Hall–Kier alpha value is -1.19. The van der Waals surface area contributed by atoms with E-state index >= 15 is 0 Å². The van der Waals surface area contributed by atoms with Crippen molar-refractivity contribution >= 4 is 18.5 Å². The van der Waals surface area contributed by atoms with Crippen molar-refractivity contribution in [2.24, 2.45) is 11.8 Å². The molecule has 0 aliphatic carbocycles. The van der Waals surface area contributed by atoms with Crippen LogP contribution in [0, 0.1) is 11.8 Å². The molecule has 2 unspecified atom stereocenters. The zero-order valence-corrected chi connectivity index (χ0v) is 13.8. The van der Waals surface area contributed by atoms with Gasteiger partial charge < -0.3 is 14.5 Å². The first-order valence-electron chi connectivity index (χ1n) is 8.23. The van der Waals surface area contributed by atoms with Crippen molar-refractivity contribution in [1.29, 1.82) is 0 Å². The van der Waals surface area contributed by atoms with E-state index < -0.39 is 0 Å². The molecule has 0 aliphatic heterocycles. The van der Waals surface area contributed by atoms with Crippen LogP contribution in [0.25, 0.3) is 0 Å². The van der Waals surface area contributed by atoms with Crippen LogP contribution in [0.15, 0.2) is 0 Å². The molecule has 0 saturated carbocycles. The zero-order chi connectivity index (χ0) is 16.1. The van der Waals surface area contributed by atoms with Gasteiger partial charge in [-0.3, -0.25) is 4.79 Å². The molecule has 122 valence electrons. The fourth-order valence-electron chi connectivity index (χ4n) is 2.08.